The lowest BCUT2D eigenvalue weighted by Crippen LogP contribution is -2.27. The van der Waals surface area contributed by atoms with Crippen molar-refractivity contribution in [3.05, 3.63) is 65.2 Å². The Balaban J connectivity index is 1.92. The van der Waals surface area contributed by atoms with Crippen LogP contribution in [0.1, 0.15) is 40.7 Å². The molecule has 1 aliphatic heterocycles. The predicted molar refractivity (Wildman–Crippen MR) is 85.6 cm³/mol. The fourth-order valence-electron chi connectivity index (χ4n) is 3.43. The molecule has 2 aromatic carbocycles. The van der Waals surface area contributed by atoms with Crippen LogP contribution in [0.25, 0.3) is 0 Å². The van der Waals surface area contributed by atoms with E-state index in [1.807, 2.05) is 30.3 Å². The zero-order valence-corrected chi connectivity index (χ0v) is 12.7. The van der Waals surface area contributed by atoms with Crippen LogP contribution in [-0.4, -0.2) is 17.7 Å². The summed E-state index contributed by atoms with van der Waals surface area (Å²) in [6.07, 6.45) is 1.84. The van der Waals surface area contributed by atoms with Gasteiger partial charge in [-0.2, -0.15) is 0 Å². The van der Waals surface area contributed by atoms with Crippen LogP contribution in [-0.2, 0) is 6.42 Å². The van der Waals surface area contributed by atoms with Crippen LogP contribution in [0.15, 0.2) is 48.5 Å². The number of aromatic carboxylic acids is 1. The number of hydrogen-bond acceptors (Lipinski definition) is 2. The summed E-state index contributed by atoms with van der Waals surface area (Å²) in [5, 5.41) is 9.43. The lowest BCUT2D eigenvalue weighted by Gasteiger charge is -2.32. The molecule has 22 heavy (non-hydrogen) atoms. The Hall–Kier alpha value is -2.29. The van der Waals surface area contributed by atoms with Gasteiger partial charge in [-0.25, -0.2) is 4.79 Å². The zero-order chi connectivity index (χ0) is 15.5. The Labute approximate surface area is 130 Å². The molecule has 0 amide bonds. The summed E-state index contributed by atoms with van der Waals surface area (Å²) in [4.78, 5) is 11.5. The van der Waals surface area contributed by atoms with Crippen molar-refractivity contribution in [2.45, 2.75) is 25.7 Å². The van der Waals surface area contributed by atoms with E-state index in [1.54, 1.807) is 12.1 Å². The highest BCUT2D eigenvalue weighted by Crippen LogP contribution is 2.37. The Bertz CT molecular complexity index is 678. The molecule has 2 unspecified atom stereocenters. The van der Waals surface area contributed by atoms with E-state index in [-0.39, 0.29) is 5.92 Å². The van der Waals surface area contributed by atoms with Crippen molar-refractivity contribution in [1.82, 2.24) is 0 Å². The van der Waals surface area contributed by atoms with Crippen molar-refractivity contribution >= 4 is 5.97 Å². The van der Waals surface area contributed by atoms with Crippen LogP contribution in [0.5, 0.6) is 5.75 Å². The Morgan fingerprint density at radius 1 is 1.23 bits per heavy atom. The molecule has 0 spiro atoms. The molecular weight excluding hydrogens is 276 g/mol. The van der Waals surface area contributed by atoms with Crippen LogP contribution in [0.2, 0.25) is 0 Å². The van der Waals surface area contributed by atoms with E-state index >= 15 is 0 Å². The van der Waals surface area contributed by atoms with E-state index in [0.29, 0.717) is 18.1 Å². The SMILES string of the molecule is CCC(c1ccccc1C(=O)O)C1COc2ccccc2C1. The standard InChI is InChI=1S/C19H20O3/c1-2-15(16-8-4-5-9-17(16)19(20)21)14-11-13-7-3-6-10-18(13)22-12-14/h3-10,14-15H,2,11-12H2,1H3,(H,20,21). The highest BCUT2D eigenvalue weighted by Gasteiger charge is 2.29. The van der Waals surface area contributed by atoms with Gasteiger partial charge < -0.3 is 9.84 Å². The van der Waals surface area contributed by atoms with E-state index in [1.165, 1.54) is 5.56 Å². The van der Waals surface area contributed by atoms with Crippen molar-refractivity contribution in [2.75, 3.05) is 6.61 Å². The number of carboxylic acid groups (broad SMARTS) is 1. The maximum atomic E-state index is 11.5. The molecule has 2 atom stereocenters. The van der Waals surface area contributed by atoms with Gasteiger partial charge in [-0.15, -0.1) is 0 Å². The van der Waals surface area contributed by atoms with Crippen LogP contribution in [0.4, 0.5) is 0 Å². The van der Waals surface area contributed by atoms with Crippen molar-refractivity contribution in [3.63, 3.8) is 0 Å². The molecule has 0 saturated heterocycles. The monoisotopic (exact) mass is 296 g/mol. The summed E-state index contributed by atoms with van der Waals surface area (Å²) >= 11 is 0. The van der Waals surface area contributed by atoms with Crippen LogP contribution < -0.4 is 4.74 Å². The summed E-state index contributed by atoms with van der Waals surface area (Å²) in [5.41, 5.74) is 2.55. The molecule has 0 saturated carbocycles. The molecule has 1 heterocycles. The van der Waals surface area contributed by atoms with Gasteiger partial charge in [0.2, 0.25) is 0 Å². The summed E-state index contributed by atoms with van der Waals surface area (Å²) in [5.74, 6) is 0.604. The molecular formula is C19H20O3. The molecule has 3 nitrogen and oxygen atoms in total. The van der Waals surface area contributed by atoms with E-state index in [0.717, 1.165) is 24.2 Å². The number of carbonyl (C=O) groups is 1. The van der Waals surface area contributed by atoms with Crippen molar-refractivity contribution in [3.8, 4) is 5.75 Å². The summed E-state index contributed by atoms with van der Waals surface area (Å²) in [7, 11) is 0. The summed E-state index contributed by atoms with van der Waals surface area (Å²) in [6.45, 7) is 2.76. The first-order chi connectivity index (χ1) is 10.7. The highest BCUT2D eigenvalue weighted by molar-refractivity contribution is 5.89. The number of benzene rings is 2. The first-order valence-electron chi connectivity index (χ1n) is 7.73. The molecule has 2 aromatic rings. The van der Waals surface area contributed by atoms with Crippen molar-refractivity contribution in [1.29, 1.82) is 0 Å². The molecule has 0 aliphatic carbocycles. The Morgan fingerprint density at radius 3 is 2.73 bits per heavy atom. The molecule has 3 heteroatoms. The van der Waals surface area contributed by atoms with Crippen molar-refractivity contribution in [2.24, 2.45) is 5.92 Å². The van der Waals surface area contributed by atoms with Crippen LogP contribution in [0, 0.1) is 5.92 Å². The van der Waals surface area contributed by atoms with Gasteiger partial charge in [0, 0.05) is 5.92 Å². The van der Waals surface area contributed by atoms with Crippen LogP contribution >= 0.6 is 0 Å². The number of para-hydroxylation sites is 1. The average Bonchev–Trinajstić information content (AvgIpc) is 2.56. The van der Waals surface area contributed by atoms with Gasteiger partial charge in [-0.3, -0.25) is 0 Å². The summed E-state index contributed by atoms with van der Waals surface area (Å²) in [6, 6.07) is 15.4. The van der Waals surface area contributed by atoms with Crippen LogP contribution in [0.3, 0.4) is 0 Å². The van der Waals surface area contributed by atoms with Gasteiger partial charge in [0.05, 0.1) is 12.2 Å². The Morgan fingerprint density at radius 2 is 1.95 bits per heavy atom. The van der Waals surface area contributed by atoms with Gasteiger partial charge >= 0.3 is 5.97 Å². The number of rotatable bonds is 4. The summed E-state index contributed by atoms with van der Waals surface area (Å²) < 4.78 is 5.89. The maximum absolute atomic E-state index is 11.5. The quantitative estimate of drug-likeness (QED) is 0.922. The zero-order valence-electron chi connectivity index (χ0n) is 12.7. The van der Waals surface area contributed by atoms with E-state index in [4.69, 9.17) is 4.74 Å². The third-order valence-electron chi connectivity index (χ3n) is 4.51. The minimum Gasteiger partial charge on any atom is -0.493 e. The fourth-order valence-corrected chi connectivity index (χ4v) is 3.43. The van der Waals surface area contributed by atoms with E-state index in [9.17, 15) is 9.90 Å². The molecule has 114 valence electrons. The molecule has 0 fully saturated rings. The molecule has 1 aliphatic rings. The Kier molecular flexibility index (Phi) is 4.14. The molecule has 1 N–H and O–H groups in total. The molecule has 0 radical (unpaired) electrons. The predicted octanol–water partition coefficient (Wildman–Crippen LogP) is 4.13. The third-order valence-corrected chi connectivity index (χ3v) is 4.51. The number of ether oxygens (including phenoxy) is 1. The van der Waals surface area contributed by atoms with Crippen molar-refractivity contribution < 1.29 is 14.6 Å². The van der Waals surface area contributed by atoms with Gasteiger partial charge in [0.1, 0.15) is 5.75 Å². The minimum atomic E-state index is -0.855. The third kappa shape index (κ3) is 2.71. The number of fused-ring (bicyclic) bond motifs is 1. The fraction of sp³-hybridized carbons (Fsp3) is 0.316. The van der Waals surface area contributed by atoms with Gasteiger partial charge in [0.15, 0.2) is 0 Å². The lowest BCUT2D eigenvalue weighted by molar-refractivity contribution is 0.0694. The van der Waals surface area contributed by atoms with E-state index < -0.39 is 5.97 Å². The largest absolute Gasteiger partial charge is 0.493 e. The minimum absolute atomic E-state index is 0.195. The molecule has 0 bridgehead atoms. The maximum Gasteiger partial charge on any atom is 0.335 e. The molecule has 3 rings (SSSR count). The second-order valence-electron chi connectivity index (χ2n) is 5.79. The second kappa shape index (κ2) is 6.22. The normalized spacial score (nSPS) is 18.1. The first-order valence-corrected chi connectivity index (χ1v) is 7.73. The smallest absolute Gasteiger partial charge is 0.335 e. The van der Waals surface area contributed by atoms with E-state index in [2.05, 4.69) is 13.0 Å². The number of hydrogen-bond donors (Lipinski definition) is 1. The first kappa shape index (κ1) is 14.6. The highest BCUT2D eigenvalue weighted by atomic mass is 16.5. The topological polar surface area (TPSA) is 46.5 Å². The lowest BCUT2D eigenvalue weighted by atomic mass is 9.78. The van der Waals surface area contributed by atoms with Gasteiger partial charge in [-0.1, -0.05) is 43.3 Å². The average molecular weight is 296 g/mol. The number of carboxylic acids is 1. The second-order valence-corrected chi connectivity index (χ2v) is 5.79. The van der Waals surface area contributed by atoms with Gasteiger partial charge in [0.25, 0.3) is 0 Å². The van der Waals surface area contributed by atoms with Gasteiger partial charge in [-0.05, 0) is 42.0 Å². The molecule has 0 aromatic heterocycles.